The first-order chi connectivity index (χ1) is 15.3. The molecule has 33 heavy (non-hydrogen) atoms. The smallest absolute Gasteiger partial charge is 0.405 e. The summed E-state index contributed by atoms with van der Waals surface area (Å²) in [6, 6.07) is 0. The van der Waals surface area contributed by atoms with E-state index in [0.29, 0.717) is 32.1 Å². The van der Waals surface area contributed by atoms with Crippen LogP contribution in [-0.4, -0.2) is 54.5 Å². The highest BCUT2D eigenvalue weighted by Gasteiger charge is 2.74. The fourth-order valence-corrected chi connectivity index (χ4v) is 9.22. The lowest BCUT2D eigenvalue weighted by Crippen LogP contribution is -2.69. The van der Waals surface area contributed by atoms with Gasteiger partial charge in [-0.25, -0.2) is 8.37 Å². The zero-order valence-electron chi connectivity index (χ0n) is 19.2. The lowest BCUT2D eigenvalue weighted by Gasteiger charge is -2.64. The molecule has 1 spiro atoms. The Balaban J connectivity index is 1.48. The summed E-state index contributed by atoms with van der Waals surface area (Å²) in [6.45, 7) is 4.72. The van der Waals surface area contributed by atoms with Crippen LogP contribution in [0.5, 0.6) is 0 Å². The lowest BCUT2D eigenvalue weighted by atomic mass is 9.45. The van der Waals surface area contributed by atoms with Crippen molar-refractivity contribution in [3.8, 4) is 0 Å². The fraction of sp³-hybridized carbons (Fsp3) is 0.826. The van der Waals surface area contributed by atoms with E-state index in [9.17, 15) is 28.2 Å². The summed E-state index contributed by atoms with van der Waals surface area (Å²) in [4.78, 5) is 24.2. The Morgan fingerprint density at radius 2 is 1.85 bits per heavy atom. The van der Waals surface area contributed by atoms with Crippen LogP contribution in [0.2, 0.25) is 0 Å². The van der Waals surface area contributed by atoms with Gasteiger partial charge < -0.3 is 14.9 Å². The number of Topliss-reactive ketones (excluding diaryl/α,β-unsaturated/α-hetero) is 1. The number of esters is 1. The maximum absolute atomic E-state index is 13.0. The van der Waals surface area contributed by atoms with Crippen LogP contribution in [0, 0.1) is 28.6 Å². The topological polar surface area (TPSA) is 136 Å². The molecule has 0 amide bonds. The average Bonchev–Trinajstić information content (AvgIpc) is 2.98. The Morgan fingerprint density at radius 3 is 2.48 bits per heavy atom. The minimum atomic E-state index is -4.08. The summed E-state index contributed by atoms with van der Waals surface area (Å²) in [5.74, 6) is -2.31. The van der Waals surface area contributed by atoms with Crippen molar-refractivity contribution < 1.29 is 41.3 Å². The van der Waals surface area contributed by atoms with Crippen LogP contribution in [0.4, 0.5) is 0 Å². The number of hydrogen-bond acceptors (Lipinski definition) is 9. The van der Waals surface area contributed by atoms with Gasteiger partial charge >= 0.3 is 16.4 Å². The van der Waals surface area contributed by atoms with Crippen molar-refractivity contribution in [2.24, 2.45) is 28.6 Å². The zero-order valence-corrected chi connectivity index (χ0v) is 20.0. The first-order valence-corrected chi connectivity index (χ1v) is 13.0. The SMILES string of the molecule is CC(=O)OCC(=O)[C@]1(O)CCC2C3CC=C4C[C@H](O)CC5(OS(=O)(=O)O5)[C@]4(C)C3CC[C@@]21C. The summed E-state index contributed by atoms with van der Waals surface area (Å²) in [7, 11) is -4.08. The number of aliphatic hydroxyl groups excluding tert-OH is 1. The molecule has 4 aliphatic carbocycles. The third-order valence-electron chi connectivity index (χ3n) is 9.73. The molecule has 0 radical (unpaired) electrons. The van der Waals surface area contributed by atoms with E-state index in [2.05, 4.69) is 6.08 Å². The van der Waals surface area contributed by atoms with Gasteiger partial charge in [-0.2, -0.15) is 8.42 Å². The second kappa shape index (κ2) is 7.10. The standard InChI is InChI=1S/C23H32O9S/c1-13(24)30-12-19(26)22(27)9-7-17-16-5-4-14-10-15(25)11-23(31-33(28,29)32-23)21(14,3)18(16)6-8-20(17,22)2/h4,15-18,25,27H,5-12H2,1-3H3/t15-,16?,17?,18?,20-,21-,22+/m0/s1. The van der Waals surface area contributed by atoms with Gasteiger partial charge in [0.2, 0.25) is 11.6 Å². The maximum atomic E-state index is 13.0. The van der Waals surface area contributed by atoms with Crippen molar-refractivity contribution in [1.29, 1.82) is 0 Å². The molecule has 9 nitrogen and oxygen atoms in total. The molecule has 2 N–H and O–H groups in total. The second-order valence-electron chi connectivity index (χ2n) is 11.0. The molecule has 1 heterocycles. The first kappa shape index (κ1) is 23.4. The van der Waals surface area contributed by atoms with Gasteiger partial charge in [-0.3, -0.25) is 9.59 Å². The Morgan fingerprint density at radius 1 is 1.18 bits per heavy atom. The Bertz CT molecular complexity index is 1020. The maximum Gasteiger partial charge on any atom is 0.405 e. The van der Waals surface area contributed by atoms with Crippen molar-refractivity contribution >= 4 is 22.2 Å². The molecule has 5 rings (SSSR count). The molecule has 0 bridgehead atoms. The molecule has 3 saturated carbocycles. The molecule has 184 valence electrons. The molecule has 7 atom stereocenters. The molecule has 0 aromatic rings. The largest absolute Gasteiger partial charge is 0.458 e. The van der Waals surface area contributed by atoms with Crippen molar-refractivity contribution in [2.75, 3.05) is 6.61 Å². The van der Waals surface area contributed by atoms with Crippen LogP contribution in [0.15, 0.2) is 11.6 Å². The lowest BCUT2D eigenvalue weighted by molar-refractivity contribution is -0.295. The van der Waals surface area contributed by atoms with E-state index in [4.69, 9.17) is 13.1 Å². The molecule has 1 aliphatic heterocycles. The predicted molar refractivity (Wildman–Crippen MR) is 114 cm³/mol. The van der Waals surface area contributed by atoms with Crippen molar-refractivity contribution in [2.45, 2.75) is 83.2 Å². The third kappa shape index (κ3) is 3.00. The second-order valence-corrected chi connectivity index (χ2v) is 12.1. The number of fused-ring (bicyclic) bond motifs is 6. The van der Waals surface area contributed by atoms with E-state index in [0.717, 1.165) is 12.0 Å². The molecule has 5 aliphatic rings. The van der Waals surface area contributed by atoms with Gasteiger partial charge in [0.25, 0.3) is 0 Å². The van der Waals surface area contributed by atoms with Crippen LogP contribution >= 0.6 is 0 Å². The van der Waals surface area contributed by atoms with Crippen LogP contribution in [-0.2, 0) is 33.1 Å². The Hall–Kier alpha value is -1.33. The number of rotatable bonds is 3. The number of carbonyl (C=O) groups is 2. The van der Waals surface area contributed by atoms with Gasteiger partial charge in [-0.1, -0.05) is 25.5 Å². The number of hydrogen-bond donors (Lipinski definition) is 2. The highest BCUT2D eigenvalue weighted by atomic mass is 32.3. The predicted octanol–water partition coefficient (Wildman–Crippen LogP) is 1.77. The molecule has 3 unspecified atom stereocenters. The summed E-state index contributed by atoms with van der Waals surface area (Å²) in [5, 5.41) is 22.0. The number of ether oxygens (including phenoxy) is 1. The number of aliphatic hydroxyl groups is 2. The fourth-order valence-electron chi connectivity index (χ4n) is 8.07. The van der Waals surface area contributed by atoms with E-state index >= 15 is 0 Å². The summed E-state index contributed by atoms with van der Waals surface area (Å²) < 4.78 is 39.5. The van der Waals surface area contributed by atoms with E-state index in [-0.39, 0.29) is 24.2 Å². The molecule has 4 fully saturated rings. The molecule has 1 saturated heterocycles. The van der Waals surface area contributed by atoms with E-state index in [1.807, 2.05) is 13.8 Å². The van der Waals surface area contributed by atoms with E-state index < -0.39 is 57.1 Å². The molecular formula is C23H32O9S. The van der Waals surface area contributed by atoms with Crippen molar-refractivity contribution in [3.05, 3.63) is 11.6 Å². The first-order valence-electron chi connectivity index (χ1n) is 11.7. The third-order valence-corrected chi connectivity index (χ3v) is 10.7. The normalized spacial score (nSPS) is 46.9. The van der Waals surface area contributed by atoms with Crippen LogP contribution < -0.4 is 0 Å². The van der Waals surface area contributed by atoms with Gasteiger partial charge in [0, 0.05) is 24.2 Å². The Labute approximate surface area is 193 Å². The van der Waals surface area contributed by atoms with Crippen molar-refractivity contribution in [3.63, 3.8) is 0 Å². The monoisotopic (exact) mass is 484 g/mol. The number of allylic oxidation sites excluding steroid dienone is 1. The molecule has 10 heteroatoms. The van der Waals surface area contributed by atoms with Gasteiger partial charge in [0.05, 0.1) is 6.10 Å². The average molecular weight is 485 g/mol. The highest BCUT2D eigenvalue weighted by molar-refractivity contribution is 7.82. The minimum Gasteiger partial charge on any atom is -0.458 e. The van der Waals surface area contributed by atoms with Crippen LogP contribution in [0.3, 0.4) is 0 Å². The molecular weight excluding hydrogens is 452 g/mol. The van der Waals surface area contributed by atoms with E-state index in [1.165, 1.54) is 6.92 Å². The quantitative estimate of drug-likeness (QED) is 0.453. The zero-order chi connectivity index (χ0) is 24.0. The highest BCUT2D eigenvalue weighted by Crippen LogP contribution is 2.70. The van der Waals surface area contributed by atoms with E-state index in [1.54, 1.807) is 0 Å². The van der Waals surface area contributed by atoms with Crippen molar-refractivity contribution in [1.82, 2.24) is 0 Å². The number of ketones is 1. The van der Waals surface area contributed by atoms with Crippen LogP contribution in [0.25, 0.3) is 0 Å². The minimum absolute atomic E-state index is 0.0181. The summed E-state index contributed by atoms with van der Waals surface area (Å²) in [6.07, 6.45) is 4.74. The summed E-state index contributed by atoms with van der Waals surface area (Å²) >= 11 is 0. The number of carbonyl (C=O) groups excluding carboxylic acids is 2. The summed E-state index contributed by atoms with van der Waals surface area (Å²) in [5.41, 5.74) is -2.03. The van der Waals surface area contributed by atoms with Gasteiger partial charge in [0.1, 0.15) is 5.60 Å². The molecule has 0 aromatic carbocycles. The van der Waals surface area contributed by atoms with Crippen LogP contribution in [0.1, 0.15) is 65.7 Å². The van der Waals surface area contributed by atoms with Gasteiger partial charge in [-0.15, -0.1) is 0 Å². The Kier molecular flexibility index (Phi) is 5.04. The van der Waals surface area contributed by atoms with Gasteiger partial charge in [-0.05, 0) is 56.3 Å². The molecule has 0 aromatic heterocycles. The van der Waals surface area contributed by atoms with Gasteiger partial charge in [0.15, 0.2) is 6.61 Å².